The molecule has 1 fully saturated rings. The van der Waals surface area contributed by atoms with Crippen LogP contribution in [0.3, 0.4) is 0 Å². The van der Waals surface area contributed by atoms with Crippen LogP contribution in [0.2, 0.25) is 0 Å². The maximum Gasteiger partial charge on any atom is 0.256 e. The van der Waals surface area contributed by atoms with Crippen molar-refractivity contribution in [2.45, 2.75) is 51.5 Å². The number of hydrogen-bond acceptors (Lipinski definition) is 2. The summed E-state index contributed by atoms with van der Waals surface area (Å²) in [5, 5.41) is 13.8. The largest absolute Gasteiger partial charge is 0.509 e. The second-order valence-electron chi connectivity index (χ2n) is 6.29. The SMILES string of the molecule is [B]c1ccc(C)c(C2=C(O)C3(CCCCC3)NC2=O)c1C. The molecular formula is C17H20BNO2. The van der Waals surface area contributed by atoms with E-state index in [0.717, 1.165) is 48.8 Å². The van der Waals surface area contributed by atoms with Crippen molar-refractivity contribution in [3.63, 3.8) is 0 Å². The standard InChI is InChI=1S/C17H20BNO2/c1-10-6-7-12(18)11(2)13(10)14-15(20)17(19-16(14)21)8-4-3-5-9-17/h6-7,20H,3-5,8-9H2,1-2H3,(H,19,21). The molecule has 2 radical (unpaired) electrons. The van der Waals surface area contributed by atoms with Crippen LogP contribution in [0.25, 0.3) is 5.57 Å². The molecule has 1 heterocycles. The van der Waals surface area contributed by atoms with E-state index in [1.54, 1.807) is 0 Å². The van der Waals surface area contributed by atoms with Gasteiger partial charge in [0, 0.05) is 0 Å². The van der Waals surface area contributed by atoms with E-state index in [1.807, 2.05) is 26.0 Å². The number of hydrogen-bond donors (Lipinski definition) is 2. The maximum atomic E-state index is 12.5. The molecule has 0 bridgehead atoms. The Bertz CT molecular complexity index is 642. The Morgan fingerprint density at radius 3 is 2.52 bits per heavy atom. The summed E-state index contributed by atoms with van der Waals surface area (Å²) in [6.07, 6.45) is 4.86. The van der Waals surface area contributed by atoms with E-state index in [2.05, 4.69) is 5.32 Å². The number of amides is 1. The molecule has 3 nitrogen and oxygen atoms in total. The van der Waals surface area contributed by atoms with E-state index in [1.165, 1.54) is 0 Å². The normalized spacial score (nSPS) is 21.0. The first-order valence-electron chi connectivity index (χ1n) is 7.58. The van der Waals surface area contributed by atoms with Crippen LogP contribution < -0.4 is 10.8 Å². The molecule has 2 N–H and O–H groups in total. The maximum absolute atomic E-state index is 12.5. The van der Waals surface area contributed by atoms with Gasteiger partial charge >= 0.3 is 0 Å². The Kier molecular flexibility index (Phi) is 3.35. The van der Waals surface area contributed by atoms with E-state index in [4.69, 9.17) is 7.85 Å². The fourth-order valence-electron chi connectivity index (χ4n) is 3.68. The van der Waals surface area contributed by atoms with Crippen LogP contribution in [-0.2, 0) is 4.79 Å². The van der Waals surface area contributed by atoms with Gasteiger partial charge < -0.3 is 10.4 Å². The van der Waals surface area contributed by atoms with Crippen LogP contribution in [-0.4, -0.2) is 24.4 Å². The van der Waals surface area contributed by atoms with E-state index in [-0.39, 0.29) is 11.7 Å². The van der Waals surface area contributed by atoms with Gasteiger partial charge in [-0.2, -0.15) is 0 Å². The Morgan fingerprint density at radius 1 is 1.19 bits per heavy atom. The van der Waals surface area contributed by atoms with Gasteiger partial charge in [-0.3, -0.25) is 4.79 Å². The van der Waals surface area contributed by atoms with Crippen LogP contribution in [0.1, 0.15) is 48.8 Å². The number of aliphatic hydroxyl groups excluding tert-OH is 1. The molecule has 0 atom stereocenters. The number of carbonyl (C=O) groups is 1. The third-order valence-electron chi connectivity index (χ3n) is 4.94. The van der Waals surface area contributed by atoms with Crippen molar-refractivity contribution in [1.29, 1.82) is 0 Å². The minimum atomic E-state index is -0.547. The first kappa shape index (κ1) is 14.2. The molecule has 1 saturated carbocycles. The third kappa shape index (κ3) is 2.08. The Hall–Kier alpha value is -1.71. The number of aryl methyl sites for hydroxylation is 1. The van der Waals surface area contributed by atoms with Crippen molar-refractivity contribution >= 4 is 24.8 Å². The van der Waals surface area contributed by atoms with Crippen LogP contribution in [0, 0.1) is 13.8 Å². The predicted molar refractivity (Wildman–Crippen MR) is 84.8 cm³/mol. The molecule has 1 spiro atoms. The van der Waals surface area contributed by atoms with Gasteiger partial charge in [0.1, 0.15) is 13.6 Å². The lowest BCUT2D eigenvalue weighted by Crippen LogP contribution is -2.46. The van der Waals surface area contributed by atoms with Gasteiger partial charge in [-0.05, 0) is 43.4 Å². The summed E-state index contributed by atoms with van der Waals surface area (Å²) in [6.45, 7) is 3.85. The molecule has 1 aromatic rings. The minimum absolute atomic E-state index is 0.175. The second kappa shape index (κ2) is 4.94. The van der Waals surface area contributed by atoms with Crippen LogP contribution in [0.4, 0.5) is 0 Å². The summed E-state index contributed by atoms with van der Waals surface area (Å²) in [5.41, 5.74) is 3.12. The summed E-state index contributed by atoms with van der Waals surface area (Å²) >= 11 is 0. The molecule has 1 aliphatic carbocycles. The van der Waals surface area contributed by atoms with E-state index in [0.29, 0.717) is 11.0 Å². The van der Waals surface area contributed by atoms with Crippen LogP contribution >= 0.6 is 0 Å². The summed E-state index contributed by atoms with van der Waals surface area (Å²) in [5.74, 6) is 0.0372. The van der Waals surface area contributed by atoms with E-state index < -0.39 is 5.54 Å². The summed E-state index contributed by atoms with van der Waals surface area (Å²) < 4.78 is 0. The van der Waals surface area contributed by atoms with Crippen molar-refractivity contribution in [2.75, 3.05) is 0 Å². The zero-order valence-electron chi connectivity index (χ0n) is 12.6. The zero-order chi connectivity index (χ0) is 15.2. The molecule has 4 heteroatoms. The molecule has 3 rings (SSSR count). The number of rotatable bonds is 1. The lowest BCUT2D eigenvalue weighted by atomic mass is 9.79. The fourth-order valence-corrected chi connectivity index (χ4v) is 3.68. The van der Waals surface area contributed by atoms with Gasteiger partial charge in [-0.15, -0.1) is 0 Å². The summed E-state index contributed by atoms with van der Waals surface area (Å²) in [4.78, 5) is 12.5. The average Bonchev–Trinajstić information content (AvgIpc) is 2.69. The minimum Gasteiger partial charge on any atom is -0.509 e. The molecule has 108 valence electrons. The molecule has 0 aromatic heterocycles. The molecule has 1 aromatic carbocycles. The fraction of sp³-hybridized carbons (Fsp3) is 0.471. The number of nitrogens with one attached hydrogen (secondary N) is 1. The van der Waals surface area contributed by atoms with Gasteiger partial charge in [0.05, 0.1) is 11.1 Å². The highest BCUT2D eigenvalue weighted by molar-refractivity contribution is 6.34. The van der Waals surface area contributed by atoms with Crippen LogP contribution in [0.15, 0.2) is 17.9 Å². The highest BCUT2D eigenvalue weighted by Crippen LogP contribution is 2.42. The van der Waals surface area contributed by atoms with E-state index in [9.17, 15) is 9.90 Å². The molecule has 2 aliphatic rings. The number of benzene rings is 1. The van der Waals surface area contributed by atoms with Crippen LogP contribution in [0.5, 0.6) is 0 Å². The Morgan fingerprint density at radius 2 is 1.86 bits per heavy atom. The summed E-state index contributed by atoms with van der Waals surface area (Å²) in [7, 11) is 5.98. The van der Waals surface area contributed by atoms with Gasteiger partial charge in [-0.25, -0.2) is 0 Å². The first-order chi connectivity index (χ1) is 9.96. The van der Waals surface area contributed by atoms with Crippen molar-refractivity contribution in [3.05, 3.63) is 34.6 Å². The predicted octanol–water partition coefficient (Wildman–Crippen LogP) is 2.20. The van der Waals surface area contributed by atoms with E-state index >= 15 is 0 Å². The lowest BCUT2D eigenvalue weighted by molar-refractivity contribution is -0.116. The van der Waals surface area contributed by atoms with Crippen molar-refractivity contribution in [1.82, 2.24) is 5.32 Å². The van der Waals surface area contributed by atoms with Gasteiger partial charge in [0.15, 0.2) is 0 Å². The molecule has 21 heavy (non-hydrogen) atoms. The Balaban J connectivity index is 2.17. The second-order valence-corrected chi connectivity index (χ2v) is 6.29. The average molecular weight is 281 g/mol. The van der Waals surface area contributed by atoms with Gasteiger partial charge in [0.25, 0.3) is 5.91 Å². The highest BCUT2D eigenvalue weighted by Gasteiger charge is 2.46. The lowest BCUT2D eigenvalue weighted by Gasteiger charge is -2.33. The van der Waals surface area contributed by atoms with Gasteiger partial charge in [0.2, 0.25) is 0 Å². The molecule has 1 amide bonds. The molecule has 0 saturated heterocycles. The van der Waals surface area contributed by atoms with Crippen molar-refractivity contribution < 1.29 is 9.90 Å². The van der Waals surface area contributed by atoms with Gasteiger partial charge in [-0.1, -0.05) is 36.9 Å². The quantitative estimate of drug-likeness (QED) is 0.775. The highest BCUT2D eigenvalue weighted by atomic mass is 16.3. The third-order valence-corrected chi connectivity index (χ3v) is 4.94. The van der Waals surface area contributed by atoms with Crippen molar-refractivity contribution in [3.8, 4) is 0 Å². The molecule has 1 aliphatic heterocycles. The Labute approximate surface area is 126 Å². The monoisotopic (exact) mass is 281 g/mol. The summed E-state index contributed by atoms with van der Waals surface area (Å²) in [6, 6.07) is 3.74. The zero-order valence-corrected chi connectivity index (χ0v) is 12.6. The number of aliphatic hydroxyl groups is 1. The smallest absolute Gasteiger partial charge is 0.256 e. The van der Waals surface area contributed by atoms with Crippen molar-refractivity contribution in [2.24, 2.45) is 0 Å². The number of carbonyl (C=O) groups excluding carboxylic acids is 1. The first-order valence-corrected chi connectivity index (χ1v) is 7.58. The molecular weight excluding hydrogens is 261 g/mol. The topological polar surface area (TPSA) is 49.3 Å². The molecule has 0 unspecified atom stereocenters.